The predicted molar refractivity (Wildman–Crippen MR) is 506 cm³/mol. The first kappa shape index (κ1) is 72.4. The lowest BCUT2D eigenvalue weighted by Crippen LogP contribution is -2.28. The second kappa shape index (κ2) is 30.5. The first-order valence-corrected chi connectivity index (χ1v) is 42.8. The van der Waals surface area contributed by atoms with Gasteiger partial charge in [-0.05, 0) is 171 Å². The molecular weight excluding hydrogens is 1540 g/mol. The molecule has 123 heavy (non-hydrogen) atoms. The molecule has 0 atom stereocenters. The molecule has 0 amide bonds. The zero-order valence-corrected chi connectivity index (χ0v) is 67.8. The number of nitrogens with zero attached hydrogens (tertiary/aromatic N) is 10. The van der Waals surface area contributed by atoms with Crippen LogP contribution in [0.4, 0.5) is 0 Å². The summed E-state index contributed by atoms with van der Waals surface area (Å²) in [5, 5.41) is 4.51. The fraction of sp³-hybridized carbons (Fsp3) is 0.00901. The maximum absolute atomic E-state index is 5.51. The number of hydrogen-bond donors (Lipinski definition) is 0. The van der Waals surface area contributed by atoms with E-state index in [-0.39, 0.29) is 0 Å². The van der Waals surface area contributed by atoms with Gasteiger partial charge in [0.25, 0.3) is 0 Å². The van der Waals surface area contributed by atoms with Gasteiger partial charge in [-0.3, -0.25) is 9.13 Å². The topological polar surface area (TPSA) is 113 Å². The van der Waals surface area contributed by atoms with E-state index in [1.165, 1.54) is 46.6 Å². The van der Waals surface area contributed by atoms with Gasteiger partial charge in [-0.2, -0.15) is 0 Å². The Hall–Kier alpha value is -15.9. The van der Waals surface area contributed by atoms with Crippen LogP contribution in [0.5, 0.6) is 0 Å². The number of aromatic nitrogens is 10. The Labute approximate surface area is 717 Å². The highest BCUT2D eigenvalue weighted by Crippen LogP contribution is 2.58. The van der Waals surface area contributed by atoms with E-state index in [0.717, 1.165) is 139 Å². The lowest BCUT2D eigenvalue weighted by atomic mass is 9.67. The molecule has 23 aromatic rings. The smallest absolute Gasteiger partial charge is 0.164 e. The summed E-state index contributed by atoms with van der Waals surface area (Å²) < 4.78 is 9.23. The second-order valence-corrected chi connectivity index (χ2v) is 33.0. The van der Waals surface area contributed by atoms with Crippen LogP contribution in [0, 0.1) is 0 Å². The van der Waals surface area contributed by atoms with Crippen LogP contribution < -0.4 is 0 Å². The Morgan fingerprint density at radius 2 is 0.553 bits per heavy atom. The Kier molecular flexibility index (Phi) is 17.9. The lowest BCUT2D eigenvalue weighted by molar-refractivity contribution is 0.768. The standard InChI is InChI=1S/C59H37N5S.C52H33N5S/c1-5-19-38(20-6-1)55-61-56(44-28-17-31-48-53(44)43-27-13-14-30-47(43)59(48,40-21-7-2-8-22-40)41-23-9-3-10-24-41)63-57(62-55)45-29-18-34-52-54(45)46-37-39(35-36-51(46)65-52)58-60-49-32-15-16-33-50(49)64(58)42-25-11-4-12-26-42;1-5-16-34(17-6-1)38-30-39(35-18-7-2-8-19-35)32-40(31-38)50-54-49(36-20-9-3-10-21-36)55-51(56-50)42-24-15-27-47-48(42)43-33-37(28-29-46(43)58-47)52-53-44-25-13-14-26-45(44)57(52)41-22-11-4-12-23-41/h1-37H;1-33H. The van der Waals surface area contributed by atoms with Crippen molar-refractivity contribution in [2.75, 3.05) is 0 Å². The second-order valence-electron chi connectivity index (χ2n) is 30.8. The minimum absolute atomic E-state index is 0.553. The normalized spacial score (nSPS) is 12.1. The van der Waals surface area contributed by atoms with Crippen LogP contribution >= 0.6 is 22.7 Å². The Bertz CT molecular complexity index is 7880. The van der Waals surface area contributed by atoms with Crippen LogP contribution in [0.1, 0.15) is 22.3 Å². The van der Waals surface area contributed by atoms with E-state index in [0.29, 0.717) is 34.9 Å². The monoisotopic (exact) mass is 1610 g/mol. The average Bonchev–Trinajstić information content (AvgIpc) is 1.54. The molecule has 0 fully saturated rings. The molecule has 1 aliphatic rings. The SMILES string of the molecule is c1ccc(-c2cc(-c3ccccc3)cc(-c3nc(-c4ccccc4)nc(-c4cccc5sc6ccc(-c7nc8ccccc8n7-c7ccccc7)cc6c45)n3)c2)cc1.c1ccc(-c2nc(-c3cccc4c3-c3ccccc3C4(c3ccccc3)c3ccccc3)nc(-c3cccc4sc5ccc(-c6nc7ccccc7n6-c6ccccc6)cc5c34)n2)cc1. The van der Waals surface area contributed by atoms with E-state index >= 15 is 0 Å². The minimum Gasteiger partial charge on any atom is -0.292 e. The minimum atomic E-state index is -0.553. The molecule has 0 bridgehead atoms. The summed E-state index contributed by atoms with van der Waals surface area (Å²) in [7, 11) is 0. The molecule has 6 heterocycles. The third-order valence-corrected chi connectivity index (χ3v) is 25.9. The first-order chi connectivity index (χ1) is 61.0. The van der Waals surface area contributed by atoms with E-state index in [4.69, 9.17) is 39.9 Å². The molecule has 17 aromatic carbocycles. The highest BCUT2D eigenvalue weighted by Gasteiger charge is 2.47. The van der Waals surface area contributed by atoms with Gasteiger partial charge in [0, 0.05) is 96.2 Å². The van der Waals surface area contributed by atoms with Gasteiger partial charge in [0.15, 0.2) is 34.9 Å². The zero-order valence-electron chi connectivity index (χ0n) is 66.2. The molecule has 0 spiro atoms. The van der Waals surface area contributed by atoms with E-state index in [2.05, 4.69) is 367 Å². The predicted octanol–water partition coefficient (Wildman–Crippen LogP) is 28.2. The number of imidazole rings is 2. The molecule has 0 aliphatic heterocycles. The fourth-order valence-electron chi connectivity index (χ4n) is 18.1. The number of thiophene rings is 2. The van der Waals surface area contributed by atoms with Crippen molar-refractivity contribution in [3.05, 3.63) is 447 Å². The summed E-state index contributed by atoms with van der Waals surface area (Å²) in [5.74, 6) is 5.54. The van der Waals surface area contributed by atoms with Crippen LogP contribution in [0.3, 0.4) is 0 Å². The fourth-order valence-corrected chi connectivity index (χ4v) is 20.4. The number of rotatable bonds is 14. The van der Waals surface area contributed by atoms with Crippen molar-refractivity contribution in [2.45, 2.75) is 5.41 Å². The van der Waals surface area contributed by atoms with Crippen molar-refractivity contribution in [3.63, 3.8) is 0 Å². The highest BCUT2D eigenvalue weighted by molar-refractivity contribution is 7.26. The van der Waals surface area contributed by atoms with Crippen LogP contribution in [0.25, 0.3) is 198 Å². The van der Waals surface area contributed by atoms with Gasteiger partial charge in [0.2, 0.25) is 0 Å². The number of fused-ring (bicyclic) bond motifs is 11. The molecule has 0 saturated carbocycles. The molecule has 0 saturated heterocycles. The van der Waals surface area contributed by atoms with Gasteiger partial charge >= 0.3 is 0 Å². The first-order valence-electron chi connectivity index (χ1n) is 41.2. The molecule has 6 aromatic heterocycles. The van der Waals surface area contributed by atoms with E-state index < -0.39 is 5.41 Å². The lowest BCUT2D eigenvalue weighted by Gasteiger charge is -2.33. The van der Waals surface area contributed by atoms with Crippen molar-refractivity contribution >= 4 is 85.1 Å². The molecule has 12 heteroatoms. The van der Waals surface area contributed by atoms with Gasteiger partial charge in [-0.15, -0.1) is 22.7 Å². The van der Waals surface area contributed by atoms with Gasteiger partial charge in [0.05, 0.1) is 27.5 Å². The number of hydrogen-bond acceptors (Lipinski definition) is 10. The summed E-state index contributed by atoms with van der Waals surface area (Å²) in [5.41, 5.74) is 25.0. The quantitative estimate of drug-likeness (QED) is 0.106. The van der Waals surface area contributed by atoms with Gasteiger partial charge in [-0.1, -0.05) is 309 Å². The summed E-state index contributed by atoms with van der Waals surface area (Å²) in [6.45, 7) is 0. The van der Waals surface area contributed by atoms with Crippen molar-refractivity contribution in [1.82, 2.24) is 49.0 Å². The summed E-state index contributed by atoms with van der Waals surface area (Å²) in [4.78, 5) is 42.4. The summed E-state index contributed by atoms with van der Waals surface area (Å²) >= 11 is 3.57. The molecule has 576 valence electrons. The molecule has 24 rings (SSSR count). The molecular formula is C111H70N10S2. The molecule has 10 nitrogen and oxygen atoms in total. The van der Waals surface area contributed by atoms with Crippen LogP contribution in [-0.2, 0) is 5.41 Å². The zero-order chi connectivity index (χ0) is 81.3. The van der Waals surface area contributed by atoms with Crippen LogP contribution in [-0.4, -0.2) is 49.0 Å². The largest absolute Gasteiger partial charge is 0.292 e. The summed E-state index contributed by atoms with van der Waals surface area (Å²) in [6.07, 6.45) is 0. The van der Waals surface area contributed by atoms with Crippen molar-refractivity contribution in [2.24, 2.45) is 0 Å². The number of para-hydroxylation sites is 6. The van der Waals surface area contributed by atoms with Crippen LogP contribution in [0.15, 0.2) is 425 Å². The molecule has 0 radical (unpaired) electrons. The van der Waals surface area contributed by atoms with Gasteiger partial charge in [0.1, 0.15) is 11.6 Å². The maximum Gasteiger partial charge on any atom is 0.164 e. The number of benzene rings is 17. The summed E-state index contributed by atoms with van der Waals surface area (Å²) in [6, 6.07) is 149. The molecule has 1 aliphatic carbocycles. The highest BCUT2D eigenvalue weighted by atomic mass is 32.1. The Balaban J connectivity index is 0.000000143. The Morgan fingerprint density at radius 1 is 0.211 bits per heavy atom. The third-order valence-electron chi connectivity index (χ3n) is 23.6. The third kappa shape index (κ3) is 12.7. The van der Waals surface area contributed by atoms with Gasteiger partial charge in [-0.25, -0.2) is 39.9 Å². The maximum atomic E-state index is 5.51. The Morgan fingerprint density at radius 3 is 1.02 bits per heavy atom. The van der Waals surface area contributed by atoms with Crippen molar-refractivity contribution in [3.8, 4) is 136 Å². The van der Waals surface area contributed by atoms with Gasteiger partial charge < -0.3 is 0 Å². The van der Waals surface area contributed by atoms with Crippen molar-refractivity contribution < 1.29 is 0 Å². The van der Waals surface area contributed by atoms with E-state index in [1.54, 1.807) is 22.7 Å². The van der Waals surface area contributed by atoms with E-state index in [9.17, 15) is 0 Å². The average molecular weight is 1610 g/mol. The molecule has 0 unspecified atom stereocenters. The van der Waals surface area contributed by atoms with Crippen molar-refractivity contribution in [1.29, 1.82) is 0 Å². The van der Waals surface area contributed by atoms with Crippen LogP contribution in [0.2, 0.25) is 0 Å². The van der Waals surface area contributed by atoms with E-state index in [1.807, 2.05) is 66.7 Å². The molecule has 0 N–H and O–H groups in total.